The van der Waals surface area contributed by atoms with Gasteiger partial charge in [-0.3, -0.25) is 0 Å². The van der Waals surface area contributed by atoms with Gasteiger partial charge in [0.2, 0.25) is 0 Å². The Morgan fingerprint density at radius 3 is 2.58 bits per heavy atom. The minimum absolute atomic E-state index is 0.478. The van der Waals surface area contributed by atoms with Crippen LogP contribution in [0.25, 0.3) is 0 Å². The van der Waals surface area contributed by atoms with Crippen LogP contribution in [0.2, 0.25) is 0 Å². The fourth-order valence-corrected chi connectivity index (χ4v) is 3.14. The lowest BCUT2D eigenvalue weighted by molar-refractivity contribution is 0.238. The molecule has 0 aromatic heterocycles. The molecule has 1 saturated heterocycles. The van der Waals surface area contributed by atoms with E-state index in [1.54, 1.807) is 0 Å². The van der Waals surface area contributed by atoms with Crippen LogP contribution in [0.4, 0.5) is 5.69 Å². The third-order valence-electron chi connectivity index (χ3n) is 4.39. The van der Waals surface area contributed by atoms with E-state index >= 15 is 0 Å². The number of nitrogens with two attached hydrogens (primary N) is 1. The van der Waals surface area contributed by atoms with Crippen LogP contribution in [-0.4, -0.2) is 18.1 Å². The van der Waals surface area contributed by atoms with E-state index < -0.39 is 0 Å². The normalized spacial score (nSPS) is 18.4. The summed E-state index contributed by atoms with van der Waals surface area (Å²) < 4.78 is 1.08. The quantitative estimate of drug-likeness (QED) is 0.840. The van der Waals surface area contributed by atoms with Crippen molar-refractivity contribution in [1.29, 1.82) is 0 Å². The summed E-state index contributed by atoms with van der Waals surface area (Å²) in [4.78, 5) is 2.89. The number of hydrogen-bond donors (Lipinski definition) is 1. The number of thiocarbonyl (C=S) groups is 1. The van der Waals surface area contributed by atoms with Gasteiger partial charge in [0.05, 0.1) is 0 Å². The summed E-state index contributed by atoms with van der Waals surface area (Å²) in [5, 5.41) is 0. The van der Waals surface area contributed by atoms with Gasteiger partial charge in [-0.25, -0.2) is 0 Å². The van der Waals surface area contributed by atoms with Crippen LogP contribution < -0.4 is 10.6 Å². The van der Waals surface area contributed by atoms with Crippen LogP contribution in [0.3, 0.4) is 0 Å². The lowest BCUT2D eigenvalue weighted by Crippen LogP contribution is -2.39. The Bertz CT molecular complexity index is 479. The van der Waals surface area contributed by atoms with E-state index in [-0.39, 0.29) is 0 Å². The number of anilines is 1. The fourth-order valence-electron chi connectivity index (χ4n) is 2.62. The van der Waals surface area contributed by atoms with Gasteiger partial charge >= 0.3 is 0 Å². The minimum atomic E-state index is 0.478. The Balaban J connectivity index is 2.24. The first kappa shape index (κ1) is 14.8. The minimum Gasteiger partial charge on any atom is -0.389 e. The fraction of sp³-hybridized carbons (Fsp3) is 0.533. The van der Waals surface area contributed by atoms with Gasteiger partial charge < -0.3 is 10.6 Å². The Kier molecular flexibility index (Phi) is 4.51. The molecule has 1 aromatic carbocycles. The summed E-state index contributed by atoms with van der Waals surface area (Å²) >= 11 is 8.70. The van der Waals surface area contributed by atoms with Crippen LogP contribution in [0.15, 0.2) is 22.7 Å². The molecule has 2 rings (SSSR count). The molecule has 0 spiro atoms. The van der Waals surface area contributed by atoms with Gasteiger partial charge in [0.25, 0.3) is 0 Å². The van der Waals surface area contributed by atoms with E-state index in [0.717, 1.165) is 23.1 Å². The molecule has 1 fully saturated rings. The maximum absolute atomic E-state index is 5.84. The first-order valence-corrected chi connectivity index (χ1v) is 7.99. The number of piperidine rings is 1. The molecule has 0 unspecified atom stereocenters. The number of hydrogen-bond acceptors (Lipinski definition) is 2. The topological polar surface area (TPSA) is 29.3 Å². The predicted octanol–water partition coefficient (Wildman–Crippen LogP) is 4.10. The molecule has 2 N–H and O–H groups in total. The van der Waals surface area contributed by atoms with Crippen molar-refractivity contribution in [1.82, 2.24) is 0 Å². The highest BCUT2D eigenvalue weighted by Gasteiger charge is 2.29. The first-order valence-electron chi connectivity index (χ1n) is 6.79. The van der Waals surface area contributed by atoms with Crippen molar-refractivity contribution < 1.29 is 0 Å². The molecule has 1 aliphatic heterocycles. The van der Waals surface area contributed by atoms with E-state index in [1.807, 2.05) is 12.1 Å². The summed E-state index contributed by atoms with van der Waals surface area (Å²) in [6.07, 6.45) is 3.71. The van der Waals surface area contributed by atoms with Crippen molar-refractivity contribution in [3.8, 4) is 0 Å². The predicted molar refractivity (Wildman–Crippen MR) is 89.9 cm³/mol. The highest BCUT2D eigenvalue weighted by atomic mass is 79.9. The average Bonchev–Trinajstić information content (AvgIpc) is 2.39. The van der Waals surface area contributed by atoms with Gasteiger partial charge in [0.15, 0.2) is 0 Å². The van der Waals surface area contributed by atoms with Crippen molar-refractivity contribution in [3.63, 3.8) is 0 Å². The van der Waals surface area contributed by atoms with Crippen LogP contribution in [0, 0.1) is 5.41 Å². The van der Waals surface area contributed by atoms with Crippen molar-refractivity contribution in [3.05, 3.63) is 28.2 Å². The zero-order valence-corrected chi connectivity index (χ0v) is 14.0. The van der Waals surface area contributed by atoms with E-state index in [9.17, 15) is 0 Å². The monoisotopic (exact) mass is 340 g/mol. The summed E-state index contributed by atoms with van der Waals surface area (Å²) in [6, 6.07) is 6.14. The Labute approximate surface area is 129 Å². The summed E-state index contributed by atoms with van der Waals surface area (Å²) in [5.74, 6) is 0. The average molecular weight is 341 g/mol. The van der Waals surface area contributed by atoms with Gasteiger partial charge in [-0.1, -0.05) is 48.4 Å². The standard InChI is InChI=1S/C15H21BrN2S/c1-3-15(2)6-8-18(9-7-15)13-10-11(16)4-5-12(13)14(17)19/h4-5,10H,3,6-9H2,1-2H3,(H2,17,19). The molecule has 104 valence electrons. The Morgan fingerprint density at radius 1 is 1.42 bits per heavy atom. The second-order valence-electron chi connectivity index (χ2n) is 5.68. The molecule has 1 aliphatic rings. The van der Waals surface area contributed by atoms with E-state index in [1.165, 1.54) is 24.9 Å². The van der Waals surface area contributed by atoms with E-state index in [2.05, 4.69) is 40.7 Å². The summed E-state index contributed by atoms with van der Waals surface area (Å²) in [6.45, 7) is 6.84. The molecule has 0 aliphatic carbocycles. The molecule has 1 heterocycles. The molecule has 19 heavy (non-hydrogen) atoms. The largest absolute Gasteiger partial charge is 0.389 e. The first-order chi connectivity index (χ1) is 8.95. The molecule has 0 amide bonds. The zero-order valence-electron chi connectivity index (χ0n) is 11.6. The Hall–Kier alpha value is -0.610. The van der Waals surface area contributed by atoms with E-state index in [0.29, 0.717) is 10.4 Å². The number of halogens is 1. The van der Waals surface area contributed by atoms with E-state index in [4.69, 9.17) is 18.0 Å². The second-order valence-corrected chi connectivity index (χ2v) is 7.03. The zero-order chi connectivity index (χ0) is 14.0. The van der Waals surface area contributed by atoms with Gasteiger partial charge in [-0.05, 0) is 36.5 Å². The molecule has 0 radical (unpaired) electrons. The van der Waals surface area contributed by atoms with Crippen LogP contribution in [-0.2, 0) is 0 Å². The maximum Gasteiger partial charge on any atom is 0.106 e. The number of nitrogens with zero attached hydrogens (tertiary/aromatic N) is 1. The van der Waals surface area contributed by atoms with Crippen LogP contribution >= 0.6 is 28.1 Å². The highest BCUT2D eigenvalue weighted by molar-refractivity contribution is 9.10. The van der Waals surface area contributed by atoms with Crippen LogP contribution in [0.1, 0.15) is 38.7 Å². The van der Waals surface area contributed by atoms with Gasteiger partial charge in [-0.2, -0.15) is 0 Å². The van der Waals surface area contributed by atoms with Crippen molar-refractivity contribution >= 4 is 38.8 Å². The number of rotatable bonds is 3. The van der Waals surface area contributed by atoms with Gasteiger partial charge in [-0.15, -0.1) is 0 Å². The molecule has 2 nitrogen and oxygen atoms in total. The molecular formula is C15H21BrN2S. The summed E-state index contributed by atoms with van der Waals surface area (Å²) in [5.41, 5.74) is 8.48. The highest BCUT2D eigenvalue weighted by Crippen LogP contribution is 2.37. The third-order valence-corrected chi connectivity index (χ3v) is 5.10. The van der Waals surface area contributed by atoms with Crippen LogP contribution in [0.5, 0.6) is 0 Å². The molecule has 0 bridgehead atoms. The lowest BCUT2D eigenvalue weighted by atomic mass is 9.78. The SMILES string of the molecule is CCC1(C)CCN(c2cc(Br)ccc2C(N)=S)CC1. The van der Waals surface area contributed by atoms with Crippen molar-refractivity contribution in [2.45, 2.75) is 33.1 Å². The van der Waals surface area contributed by atoms with Gasteiger partial charge in [0.1, 0.15) is 4.99 Å². The molecule has 4 heteroatoms. The Morgan fingerprint density at radius 2 is 2.05 bits per heavy atom. The van der Waals surface area contributed by atoms with Gasteiger partial charge in [0, 0.05) is 28.8 Å². The molecular weight excluding hydrogens is 320 g/mol. The lowest BCUT2D eigenvalue weighted by Gasteiger charge is -2.40. The molecule has 0 saturated carbocycles. The smallest absolute Gasteiger partial charge is 0.106 e. The summed E-state index contributed by atoms with van der Waals surface area (Å²) in [7, 11) is 0. The maximum atomic E-state index is 5.84. The second kappa shape index (κ2) is 5.80. The number of benzene rings is 1. The molecule has 1 aromatic rings. The third kappa shape index (κ3) is 3.29. The molecule has 0 atom stereocenters. The van der Waals surface area contributed by atoms with Crippen molar-refractivity contribution in [2.75, 3.05) is 18.0 Å². The van der Waals surface area contributed by atoms with Crippen molar-refractivity contribution in [2.24, 2.45) is 11.1 Å².